The second kappa shape index (κ2) is 13.6. The molecule has 10 nitrogen and oxygen atoms in total. The molecule has 2 N–H and O–H groups in total. The van der Waals surface area contributed by atoms with Crippen molar-refractivity contribution < 1.29 is 40.7 Å². The molecule has 0 bridgehead atoms. The minimum atomic E-state index is -3.14. The number of carbonyl (C=O) groups excluding carboxylic acids is 2. The molecule has 17 heteroatoms. The molecule has 0 unspecified atom stereocenters. The molecule has 4 aromatic rings. The summed E-state index contributed by atoms with van der Waals surface area (Å²) >= 11 is 6.44. The number of benzene rings is 2. The number of hydrogen-bond acceptors (Lipinski definition) is 8. The van der Waals surface area contributed by atoms with E-state index in [2.05, 4.69) is 15.1 Å². The number of carbonyl (C=O) groups is 2. The van der Waals surface area contributed by atoms with E-state index in [0.717, 1.165) is 22.8 Å². The van der Waals surface area contributed by atoms with Gasteiger partial charge in [0.15, 0.2) is 17.3 Å². The van der Waals surface area contributed by atoms with Crippen LogP contribution in [0.2, 0.25) is 5.02 Å². The van der Waals surface area contributed by atoms with E-state index in [-0.39, 0.29) is 46.9 Å². The number of nitrogens with zero attached hydrogens (tertiary/aromatic N) is 6. The van der Waals surface area contributed by atoms with Gasteiger partial charge < -0.3 is 10.5 Å². The Hall–Kier alpha value is -4.73. The van der Waals surface area contributed by atoms with Gasteiger partial charge in [0.05, 0.1) is 23.2 Å². The molecule has 1 aliphatic heterocycles. The van der Waals surface area contributed by atoms with E-state index >= 15 is 0 Å². The van der Waals surface area contributed by atoms with Gasteiger partial charge in [-0.05, 0) is 72.4 Å². The minimum Gasteiger partial charge on any atom is -0.463 e. The first-order valence-corrected chi connectivity index (χ1v) is 17.0. The van der Waals surface area contributed by atoms with E-state index in [4.69, 9.17) is 27.1 Å². The van der Waals surface area contributed by atoms with Crippen LogP contribution in [0.3, 0.4) is 0 Å². The highest BCUT2D eigenvalue weighted by Gasteiger charge is 2.60. The maximum atomic E-state index is 15.0. The third-order valence-electron chi connectivity index (χ3n) is 9.72. The number of pyridine rings is 1. The number of ether oxygens (including phenoxy) is 1. The number of aromatic nitrogens is 4. The van der Waals surface area contributed by atoms with Crippen LogP contribution in [0.1, 0.15) is 94.9 Å². The van der Waals surface area contributed by atoms with E-state index in [1.165, 1.54) is 42.6 Å². The first kappa shape index (κ1) is 38.0. The van der Waals surface area contributed by atoms with Crippen molar-refractivity contribution in [3.63, 3.8) is 0 Å². The number of guanidine groups is 1. The van der Waals surface area contributed by atoms with Crippen molar-refractivity contribution in [3.8, 4) is 5.69 Å². The van der Waals surface area contributed by atoms with E-state index in [9.17, 15) is 35.9 Å². The van der Waals surface area contributed by atoms with E-state index in [0.29, 0.717) is 10.9 Å². The second-order valence-electron chi connectivity index (χ2n) is 14.8. The second-order valence-corrected chi connectivity index (χ2v) is 15.2. The van der Waals surface area contributed by atoms with E-state index in [1.807, 2.05) is 20.8 Å². The van der Waals surface area contributed by atoms with Crippen molar-refractivity contribution in [1.82, 2.24) is 24.6 Å². The molecule has 53 heavy (non-hydrogen) atoms. The molecule has 1 saturated carbocycles. The Morgan fingerprint density at radius 2 is 1.74 bits per heavy atom. The zero-order valence-corrected chi connectivity index (χ0v) is 29.9. The molecule has 0 saturated heterocycles. The zero-order valence-electron chi connectivity index (χ0n) is 29.1. The topological polar surface area (TPSA) is 129 Å². The number of aliphatic imine (C=N–C) groups is 1. The van der Waals surface area contributed by atoms with E-state index in [1.54, 1.807) is 6.07 Å². The number of amides is 1. The number of hydrogen-bond donors (Lipinski definition) is 1. The predicted octanol–water partition coefficient (Wildman–Crippen LogP) is 8.24. The van der Waals surface area contributed by atoms with Crippen LogP contribution >= 0.6 is 11.6 Å². The van der Waals surface area contributed by atoms with Crippen molar-refractivity contribution in [1.29, 1.82) is 0 Å². The summed E-state index contributed by atoms with van der Waals surface area (Å²) in [4.78, 5) is 41.4. The quantitative estimate of drug-likeness (QED) is 0.114. The maximum Gasteiger partial charge on any atom is 0.306 e. The van der Waals surface area contributed by atoms with Crippen LogP contribution in [0.15, 0.2) is 60.0 Å². The molecule has 282 valence electrons. The minimum absolute atomic E-state index is 0.0111. The Bertz CT molecular complexity index is 2090. The molecule has 1 aliphatic carbocycles. The number of esters is 1. The lowest BCUT2D eigenvalue weighted by Crippen LogP contribution is -2.47. The monoisotopic (exact) mass is 763 g/mol. The molecule has 2 aromatic carbocycles. The molecule has 1 fully saturated rings. The molecular weight excluding hydrogens is 728 g/mol. The van der Waals surface area contributed by atoms with Crippen molar-refractivity contribution in [2.75, 3.05) is 6.61 Å². The van der Waals surface area contributed by atoms with Crippen LogP contribution in [0.5, 0.6) is 0 Å². The standard InChI is InChI=1S/C36H36ClF6N7O3/c1-33(2,3)17-36(21-6-7-22-19(13-21)9-12-45-27(22)28(38)39)31(52)49(32(44)48-36)25(16-53-26(51)15-35(10-11-35)34(4,42)43)20-5-8-23(37)24(14-20)50-30(29(40)41)46-18-47-50/h5-9,12-14,18,25,28-29H,10-11,15-17H2,1-4H3,(H2,44,48)/t25-,36-/m1/s1. The molecule has 0 radical (unpaired) electrons. The Balaban J connectivity index is 1.45. The first-order chi connectivity index (χ1) is 24.8. The number of halogens is 7. The number of nitrogens with two attached hydrogens (primary N) is 1. The molecule has 0 spiro atoms. The summed E-state index contributed by atoms with van der Waals surface area (Å²) < 4.78 is 90.5. The van der Waals surface area contributed by atoms with Gasteiger partial charge in [-0.15, -0.1) is 0 Å². The normalized spacial score (nSPS) is 19.3. The largest absolute Gasteiger partial charge is 0.463 e. The van der Waals surface area contributed by atoms with Crippen LogP contribution in [-0.2, 0) is 19.9 Å². The summed E-state index contributed by atoms with van der Waals surface area (Å²) in [5.74, 6) is -5.77. The molecular formula is C36H36ClF6N7O3. The molecule has 2 aliphatic rings. The Labute approximate surface area is 305 Å². The number of rotatable bonds is 12. The zero-order chi connectivity index (χ0) is 38.7. The Morgan fingerprint density at radius 3 is 2.36 bits per heavy atom. The van der Waals surface area contributed by atoms with Gasteiger partial charge in [0.1, 0.15) is 18.6 Å². The van der Waals surface area contributed by atoms with E-state index < -0.39 is 77.6 Å². The van der Waals surface area contributed by atoms with Crippen LogP contribution in [0, 0.1) is 10.8 Å². The van der Waals surface area contributed by atoms with Crippen molar-refractivity contribution in [2.24, 2.45) is 21.6 Å². The number of fused-ring (bicyclic) bond motifs is 1. The fourth-order valence-electron chi connectivity index (χ4n) is 6.93. The lowest BCUT2D eigenvalue weighted by molar-refractivity contribution is -0.153. The highest BCUT2D eigenvalue weighted by molar-refractivity contribution is 6.32. The van der Waals surface area contributed by atoms with Gasteiger partial charge in [0, 0.05) is 17.0 Å². The van der Waals surface area contributed by atoms with Crippen molar-refractivity contribution >= 4 is 40.2 Å². The van der Waals surface area contributed by atoms with Crippen LogP contribution < -0.4 is 5.73 Å². The third-order valence-corrected chi connectivity index (χ3v) is 10.0. The maximum absolute atomic E-state index is 15.0. The fourth-order valence-corrected chi connectivity index (χ4v) is 7.13. The summed E-state index contributed by atoms with van der Waals surface area (Å²) in [5, 5.41) is 4.43. The van der Waals surface area contributed by atoms with Crippen LogP contribution in [-0.4, -0.2) is 55.0 Å². The van der Waals surface area contributed by atoms with Crippen LogP contribution in [0.25, 0.3) is 16.5 Å². The SMILES string of the molecule is CC(C)(C)C[C@]1(c2ccc3c(C(F)F)nccc3c2)N=C(N)N([C@H](COC(=O)CC2(C(C)(F)F)CC2)c2ccc(Cl)c(-n3ncnc3C(F)F)c2)C1=O. The molecule has 2 atom stereocenters. The Kier molecular flexibility index (Phi) is 9.75. The predicted molar refractivity (Wildman–Crippen MR) is 183 cm³/mol. The van der Waals surface area contributed by atoms with Gasteiger partial charge >= 0.3 is 5.97 Å². The van der Waals surface area contributed by atoms with Gasteiger partial charge in [-0.1, -0.05) is 50.6 Å². The average molecular weight is 764 g/mol. The molecule has 2 aromatic heterocycles. The van der Waals surface area contributed by atoms with Gasteiger partial charge in [-0.25, -0.2) is 41.0 Å². The highest BCUT2D eigenvalue weighted by atomic mass is 35.5. The van der Waals surface area contributed by atoms with Crippen molar-refractivity contribution in [3.05, 3.63) is 82.7 Å². The van der Waals surface area contributed by atoms with Crippen LogP contribution in [0.4, 0.5) is 26.3 Å². The summed E-state index contributed by atoms with van der Waals surface area (Å²) in [7, 11) is 0. The van der Waals surface area contributed by atoms with Gasteiger partial charge in [0.25, 0.3) is 24.7 Å². The lowest BCUT2D eigenvalue weighted by atomic mass is 9.75. The lowest BCUT2D eigenvalue weighted by Gasteiger charge is -2.35. The highest BCUT2D eigenvalue weighted by Crippen LogP contribution is 2.59. The van der Waals surface area contributed by atoms with Gasteiger partial charge in [-0.2, -0.15) is 5.10 Å². The third kappa shape index (κ3) is 7.17. The van der Waals surface area contributed by atoms with Gasteiger partial charge in [0.2, 0.25) is 0 Å². The Morgan fingerprint density at radius 1 is 1.02 bits per heavy atom. The fraction of sp³-hybridized carbons (Fsp3) is 0.444. The molecule has 6 rings (SSSR count). The summed E-state index contributed by atoms with van der Waals surface area (Å²) in [5.41, 5.74) is 2.79. The molecule has 1 amide bonds. The van der Waals surface area contributed by atoms with Gasteiger partial charge in [-0.3, -0.25) is 19.5 Å². The average Bonchev–Trinajstić information content (AvgIpc) is 3.62. The smallest absolute Gasteiger partial charge is 0.306 e. The molecule has 3 heterocycles. The first-order valence-electron chi connectivity index (χ1n) is 16.6. The summed E-state index contributed by atoms with van der Waals surface area (Å²) in [6.07, 6.45) is -3.98. The number of alkyl halides is 6. The summed E-state index contributed by atoms with van der Waals surface area (Å²) in [6.45, 7) is 5.76. The summed E-state index contributed by atoms with van der Waals surface area (Å²) in [6, 6.07) is 8.94. The van der Waals surface area contributed by atoms with Crippen molar-refractivity contribution in [2.45, 2.75) is 83.7 Å².